The summed E-state index contributed by atoms with van der Waals surface area (Å²) in [4.78, 5) is 27.3. The van der Waals surface area contributed by atoms with E-state index in [4.69, 9.17) is 14.2 Å². The van der Waals surface area contributed by atoms with Gasteiger partial charge < -0.3 is 24.6 Å². The SMILES string of the molecule is CCCc1cc(C(O)(C(F)(F)F)C(F)(F)F)ccc1OCCCN1C(=O)NC(CC)(c2ccc3c(c2)OCCO3)C1=O. The lowest BCUT2D eigenvalue weighted by molar-refractivity contribution is -0.376. The van der Waals surface area contributed by atoms with Crippen LogP contribution >= 0.6 is 0 Å². The number of hydrogen-bond donors (Lipinski definition) is 2. The summed E-state index contributed by atoms with van der Waals surface area (Å²) < 4.78 is 96.9. The van der Waals surface area contributed by atoms with Crippen LogP contribution in [-0.4, -0.2) is 60.7 Å². The summed E-state index contributed by atoms with van der Waals surface area (Å²) >= 11 is 0. The summed E-state index contributed by atoms with van der Waals surface area (Å²) in [5.74, 6) is 0.530. The minimum atomic E-state index is -6.01. The van der Waals surface area contributed by atoms with Gasteiger partial charge in [-0.25, -0.2) is 4.79 Å². The molecule has 0 saturated carbocycles. The van der Waals surface area contributed by atoms with Crippen LogP contribution < -0.4 is 19.5 Å². The molecule has 0 radical (unpaired) electrons. The highest BCUT2D eigenvalue weighted by molar-refractivity contribution is 6.07. The Bertz CT molecular complexity index is 1320. The quantitative estimate of drug-likeness (QED) is 0.216. The van der Waals surface area contributed by atoms with Gasteiger partial charge >= 0.3 is 18.4 Å². The number of benzene rings is 2. The highest BCUT2D eigenvalue weighted by Gasteiger charge is 2.71. The molecule has 2 aliphatic rings. The van der Waals surface area contributed by atoms with E-state index >= 15 is 0 Å². The second kappa shape index (κ2) is 11.5. The average molecular weight is 605 g/mol. The number of hydrogen-bond acceptors (Lipinski definition) is 6. The zero-order chi connectivity index (χ0) is 30.9. The smallest absolute Gasteiger partial charge is 0.430 e. The van der Waals surface area contributed by atoms with Crippen molar-refractivity contribution in [3.63, 3.8) is 0 Å². The molecule has 230 valence electrons. The van der Waals surface area contributed by atoms with Gasteiger partial charge in [0.25, 0.3) is 11.5 Å². The number of aryl methyl sites for hydroxylation is 1. The lowest BCUT2D eigenvalue weighted by Crippen LogP contribution is -2.53. The number of aliphatic hydroxyl groups is 1. The largest absolute Gasteiger partial charge is 0.493 e. The van der Waals surface area contributed by atoms with E-state index in [0.717, 1.165) is 11.0 Å². The molecule has 1 unspecified atom stereocenters. The van der Waals surface area contributed by atoms with Gasteiger partial charge in [0, 0.05) is 12.1 Å². The predicted octanol–water partition coefficient (Wildman–Crippen LogP) is 5.35. The number of carbonyl (C=O) groups is 2. The summed E-state index contributed by atoms with van der Waals surface area (Å²) in [6, 6.07) is 6.49. The molecule has 14 heteroatoms. The van der Waals surface area contributed by atoms with E-state index in [0.29, 0.717) is 48.8 Å². The van der Waals surface area contributed by atoms with Gasteiger partial charge in [-0.2, -0.15) is 26.3 Å². The zero-order valence-corrected chi connectivity index (χ0v) is 22.8. The third-order valence-corrected chi connectivity index (χ3v) is 7.34. The first-order valence-corrected chi connectivity index (χ1v) is 13.4. The van der Waals surface area contributed by atoms with Crippen molar-refractivity contribution in [2.45, 2.75) is 63.0 Å². The molecular weight excluding hydrogens is 574 g/mol. The molecule has 2 heterocycles. The summed E-state index contributed by atoms with van der Waals surface area (Å²) in [6.45, 7) is 4.01. The normalized spacial score (nSPS) is 19.2. The van der Waals surface area contributed by atoms with E-state index in [1.807, 2.05) is 0 Å². The molecule has 0 aliphatic carbocycles. The number of halogens is 6. The second-order valence-corrected chi connectivity index (χ2v) is 9.98. The molecule has 1 atom stereocenters. The van der Waals surface area contributed by atoms with Crippen molar-refractivity contribution in [1.29, 1.82) is 0 Å². The Hall–Kier alpha value is -3.68. The molecule has 8 nitrogen and oxygen atoms in total. The first-order valence-electron chi connectivity index (χ1n) is 13.4. The molecule has 0 spiro atoms. The van der Waals surface area contributed by atoms with Crippen molar-refractivity contribution < 1.29 is 55.2 Å². The minimum absolute atomic E-state index is 0.0312. The predicted molar refractivity (Wildman–Crippen MR) is 136 cm³/mol. The summed E-state index contributed by atoms with van der Waals surface area (Å²) in [5.41, 5.74) is -7.18. The van der Waals surface area contributed by atoms with Crippen molar-refractivity contribution in [1.82, 2.24) is 10.2 Å². The van der Waals surface area contributed by atoms with Gasteiger partial charge in [-0.3, -0.25) is 9.69 Å². The Morgan fingerprint density at radius 2 is 1.64 bits per heavy atom. The first kappa shape index (κ1) is 31.3. The summed E-state index contributed by atoms with van der Waals surface area (Å²) in [5, 5.41) is 12.5. The Labute approximate surface area is 237 Å². The van der Waals surface area contributed by atoms with Gasteiger partial charge in [0.2, 0.25) is 0 Å². The number of nitrogens with one attached hydrogen (secondary N) is 1. The van der Waals surface area contributed by atoms with Crippen LogP contribution in [0.2, 0.25) is 0 Å². The van der Waals surface area contributed by atoms with Crippen LogP contribution in [0, 0.1) is 0 Å². The Kier molecular flexibility index (Phi) is 8.59. The Balaban J connectivity index is 1.46. The number of imide groups is 1. The number of nitrogens with zero attached hydrogens (tertiary/aromatic N) is 1. The van der Waals surface area contributed by atoms with E-state index < -0.39 is 41.0 Å². The molecule has 2 N–H and O–H groups in total. The maximum atomic E-state index is 13.5. The van der Waals surface area contributed by atoms with Crippen LogP contribution in [0.3, 0.4) is 0 Å². The van der Waals surface area contributed by atoms with Crippen LogP contribution in [0.15, 0.2) is 36.4 Å². The average Bonchev–Trinajstić information content (AvgIpc) is 3.19. The number of urea groups is 1. The van der Waals surface area contributed by atoms with E-state index in [1.165, 1.54) is 0 Å². The van der Waals surface area contributed by atoms with E-state index in [2.05, 4.69) is 5.32 Å². The number of ether oxygens (including phenoxy) is 3. The maximum absolute atomic E-state index is 13.5. The third kappa shape index (κ3) is 5.43. The fourth-order valence-corrected chi connectivity index (χ4v) is 5.08. The van der Waals surface area contributed by atoms with Crippen molar-refractivity contribution in [3.8, 4) is 17.2 Å². The van der Waals surface area contributed by atoms with Crippen LogP contribution in [-0.2, 0) is 22.4 Å². The fraction of sp³-hybridized carbons (Fsp3) is 0.500. The summed E-state index contributed by atoms with van der Waals surface area (Å²) in [7, 11) is 0. The van der Waals surface area contributed by atoms with Crippen LogP contribution in [0.25, 0.3) is 0 Å². The lowest BCUT2D eigenvalue weighted by atomic mass is 9.87. The molecule has 1 saturated heterocycles. The number of alkyl halides is 6. The standard InChI is InChI=1S/C28H30F6N2O6/c1-3-6-17-15-19(26(39,27(29,30)31)28(32,33)34)8-9-20(17)40-12-5-11-36-23(37)25(4-2,35-24(36)38)18-7-10-21-22(16-18)42-14-13-41-21/h7-10,15-16,39H,3-6,11-14H2,1-2H3,(H,35,38). The number of carbonyl (C=O) groups excluding carboxylic acids is 2. The molecule has 1 fully saturated rings. The van der Waals surface area contributed by atoms with Crippen molar-refractivity contribution in [3.05, 3.63) is 53.1 Å². The van der Waals surface area contributed by atoms with E-state index in [1.54, 1.807) is 32.0 Å². The van der Waals surface area contributed by atoms with E-state index in [-0.39, 0.29) is 43.7 Å². The van der Waals surface area contributed by atoms with Gasteiger partial charge in [0.05, 0.1) is 6.61 Å². The monoisotopic (exact) mass is 604 g/mol. The van der Waals surface area contributed by atoms with Gasteiger partial charge in [-0.15, -0.1) is 0 Å². The maximum Gasteiger partial charge on any atom is 0.430 e. The number of amides is 3. The van der Waals surface area contributed by atoms with Crippen LogP contribution in [0.5, 0.6) is 17.2 Å². The Morgan fingerprint density at radius 3 is 2.26 bits per heavy atom. The molecule has 42 heavy (non-hydrogen) atoms. The molecule has 2 aromatic carbocycles. The topological polar surface area (TPSA) is 97.3 Å². The van der Waals surface area contributed by atoms with Crippen LogP contribution in [0.1, 0.15) is 49.8 Å². The van der Waals surface area contributed by atoms with Gasteiger partial charge in [0.1, 0.15) is 24.5 Å². The molecule has 3 amide bonds. The lowest BCUT2D eigenvalue weighted by Gasteiger charge is -2.33. The highest BCUT2D eigenvalue weighted by atomic mass is 19.4. The molecule has 2 aliphatic heterocycles. The molecule has 2 aromatic rings. The third-order valence-electron chi connectivity index (χ3n) is 7.34. The number of fused-ring (bicyclic) bond motifs is 1. The van der Waals surface area contributed by atoms with Crippen molar-refractivity contribution in [2.24, 2.45) is 0 Å². The van der Waals surface area contributed by atoms with E-state index in [9.17, 15) is 41.0 Å². The first-order chi connectivity index (χ1) is 19.7. The highest BCUT2D eigenvalue weighted by Crippen LogP contribution is 2.50. The molecule has 4 rings (SSSR count). The minimum Gasteiger partial charge on any atom is -0.493 e. The molecular formula is C28H30F6N2O6. The van der Waals surface area contributed by atoms with Gasteiger partial charge in [-0.1, -0.05) is 32.4 Å². The zero-order valence-electron chi connectivity index (χ0n) is 22.8. The van der Waals surface area contributed by atoms with Gasteiger partial charge in [0.15, 0.2) is 11.5 Å². The van der Waals surface area contributed by atoms with Gasteiger partial charge in [-0.05, 0) is 54.7 Å². The summed E-state index contributed by atoms with van der Waals surface area (Å²) in [6.07, 6.45) is -11.2. The Morgan fingerprint density at radius 1 is 0.976 bits per heavy atom. The number of rotatable bonds is 10. The fourth-order valence-electron chi connectivity index (χ4n) is 5.08. The van der Waals surface area contributed by atoms with Crippen molar-refractivity contribution >= 4 is 11.9 Å². The molecule has 0 aromatic heterocycles. The van der Waals surface area contributed by atoms with Crippen LogP contribution in [0.4, 0.5) is 31.1 Å². The second-order valence-electron chi connectivity index (χ2n) is 9.98. The molecule has 0 bridgehead atoms. The van der Waals surface area contributed by atoms with Crippen molar-refractivity contribution in [2.75, 3.05) is 26.4 Å².